The van der Waals surface area contributed by atoms with E-state index in [4.69, 9.17) is 19.5 Å². The monoisotopic (exact) mass is 509 g/mol. The van der Waals surface area contributed by atoms with Crippen LogP contribution in [0.25, 0.3) is 76.9 Å². The van der Waals surface area contributed by atoms with Crippen molar-refractivity contribution in [1.82, 2.24) is 0 Å². The van der Waals surface area contributed by atoms with Gasteiger partial charge in [-0.25, -0.2) is 0 Å². The minimum absolute atomic E-state index is 0.0654. The summed E-state index contributed by atoms with van der Waals surface area (Å²) < 4.78 is 120. The van der Waals surface area contributed by atoms with E-state index < -0.39 is 84.1 Å². The summed E-state index contributed by atoms with van der Waals surface area (Å²) in [6, 6.07) is 12.1. The van der Waals surface area contributed by atoms with Gasteiger partial charge in [-0.05, 0) is 61.5 Å². The molecule has 8 rings (SSSR count). The van der Waals surface area contributed by atoms with Crippen molar-refractivity contribution in [2.45, 2.75) is 0 Å². The zero-order valence-electron chi connectivity index (χ0n) is 33.3. The summed E-state index contributed by atoms with van der Waals surface area (Å²) in [4.78, 5) is 0. The van der Waals surface area contributed by atoms with Crippen LogP contribution >= 0.6 is 0 Å². The molecule has 8 aromatic rings. The summed E-state index contributed by atoms with van der Waals surface area (Å²) in [5.74, 6) is 0. The Balaban J connectivity index is 1.62. The molecule has 0 spiro atoms. The molecule has 39 heavy (non-hydrogen) atoms. The van der Waals surface area contributed by atoms with Gasteiger partial charge in [0.2, 0.25) is 0 Å². The normalized spacial score (nSPS) is 16.3. The SMILES string of the molecule is [2H]c1c([2H])c([2H])c(-c2c3c([2H])c([2H])c([2H])c([2H])c3c(-c3ccc4oc5c(-c6ccccc6)cccc5c4c3)c3c([2H])c([2H])c([2H])c([2H])c23)c([2H])c1[2H]. The summed E-state index contributed by atoms with van der Waals surface area (Å²) >= 11 is 0. The van der Waals surface area contributed by atoms with Crippen molar-refractivity contribution in [2.75, 3.05) is 0 Å². The van der Waals surface area contributed by atoms with Gasteiger partial charge in [-0.3, -0.25) is 0 Å². The first kappa shape index (κ1) is 12.6. The van der Waals surface area contributed by atoms with Crippen LogP contribution in [0.15, 0.2) is 150 Å². The first-order valence-corrected chi connectivity index (χ1v) is 12.3. The number of hydrogen-bond acceptors (Lipinski definition) is 1. The summed E-state index contributed by atoms with van der Waals surface area (Å²) in [7, 11) is 0. The Hall–Kier alpha value is -5.14. The Morgan fingerprint density at radius 2 is 1.05 bits per heavy atom. The predicted octanol–water partition coefficient (Wildman–Crippen LogP) is 10.9. The molecule has 0 aliphatic rings. The Labute approximate surface area is 244 Å². The molecule has 182 valence electrons. The highest BCUT2D eigenvalue weighted by Crippen LogP contribution is 2.45. The molecule has 0 N–H and O–H groups in total. The van der Waals surface area contributed by atoms with Gasteiger partial charge in [0.05, 0.1) is 17.8 Å². The van der Waals surface area contributed by atoms with Crippen molar-refractivity contribution in [3.05, 3.63) is 145 Å². The number of fused-ring (bicyclic) bond motifs is 5. The van der Waals surface area contributed by atoms with Crippen molar-refractivity contribution in [1.29, 1.82) is 0 Å². The number of para-hydroxylation sites is 1. The molecular formula is C38H24O. The van der Waals surface area contributed by atoms with Crippen molar-refractivity contribution in [3.8, 4) is 33.4 Å². The third-order valence-corrected chi connectivity index (χ3v) is 7.00. The van der Waals surface area contributed by atoms with Gasteiger partial charge >= 0.3 is 0 Å². The third-order valence-electron chi connectivity index (χ3n) is 7.00. The van der Waals surface area contributed by atoms with Crippen LogP contribution in [0.1, 0.15) is 17.8 Å². The summed E-state index contributed by atoms with van der Waals surface area (Å²) in [6.45, 7) is 0. The van der Waals surface area contributed by atoms with E-state index in [0.29, 0.717) is 22.1 Å². The van der Waals surface area contributed by atoms with E-state index in [9.17, 15) is 2.74 Å². The van der Waals surface area contributed by atoms with E-state index in [0.717, 1.165) is 16.5 Å². The van der Waals surface area contributed by atoms with Crippen LogP contribution < -0.4 is 0 Å². The van der Waals surface area contributed by atoms with E-state index >= 15 is 0 Å². The molecule has 0 amide bonds. The lowest BCUT2D eigenvalue weighted by Crippen LogP contribution is -1.90. The minimum Gasteiger partial charge on any atom is -0.455 e. The van der Waals surface area contributed by atoms with Crippen molar-refractivity contribution >= 4 is 43.5 Å². The minimum atomic E-state index is -0.713. The first-order valence-electron chi connectivity index (χ1n) is 18.8. The fourth-order valence-electron chi connectivity index (χ4n) is 5.34. The van der Waals surface area contributed by atoms with Crippen LogP contribution in [0.2, 0.25) is 0 Å². The quantitative estimate of drug-likeness (QED) is 0.216. The molecule has 1 nitrogen and oxygen atoms in total. The van der Waals surface area contributed by atoms with Crippen molar-refractivity contribution in [3.63, 3.8) is 0 Å². The van der Waals surface area contributed by atoms with Gasteiger partial charge in [-0.2, -0.15) is 0 Å². The molecule has 1 heteroatoms. The first-order chi connectivity index (χ1) is 24.8. The fourth-order valence-corrected chi connectivity index (χ4v) is 5.34. The average Bonchev–Trinajstić information content (AvgIpc) is 3.54. The van der Waals surface area contributed by atoms with Gasteiger partial charge in [0.15, 0.2) is 0 Å². The fraction of sp³-hybridized carbons (Fsp3) is 0. The van der Waals surface area contributed by atoms with E-state index in [2.05, 4.69) is 0 Å². The molecule has 0 aliphatic carbocycles. The van der Waals surface area contributed by atoms with Gasteiger partial charge in [0.25, 0.3) is 0 Å². The number of rotatable bonds is 3. The van der Waals surface area contributed by atoms with Crippen LogP contribution in [-0.4, -0.2) is 0 Å². The van der Waals surface area contributed by atoms with E-state index in [-0.39, 0.29) is 32.7 Å². The van der Waals surface area contributed by atoms with Crippen LogP contribution in [-0.2, 0) is 0 Å². The van der Waals surface area contributed by atoms with E-state index in [1.807, 2.05) is 48.5 Å². The zero-order chi connectivity index (χ0) is 37.1. The molecule has 1 heterocycles. The Bertz CT molecular complexity index is 2770. The number of furan rings is 1. The lowest BCUT2D eigenvalue weighted by Gasteiger charge is -2.17. The lowest BCUT2D eigenvalue weighted by molar-refractivity contribution is 0.670. The highest BCUT2D eigenvalue weighted by Gasteiger charge is 2.18. The molecule has 0 saturated heterocycles. The smallest absolute Gasteiger partial charge is 0.143 e. The van der Waals surface area contributed by atoms with Crippen LogP contribution in [0.5, 0.6) is 0 Å². The molecule has 1 aromatic heterocycles. The second kappa shape index (κ2) is 8.72. The second-order valence-electron chi connectivity index (χ2n) is 9.11. The predicted molar refractivity (Wildman–Crippen MR) is 165 cm³/mol. The standard InChI is InChI=1S/C38H24O/c1-3-12-25(13-4-1)28-20-11-21-33-34-24-27(22-23-35(34)39-38(28)33)37-31-18-9-7-16-29(31)36(26-14-5-2-6-15-26)30-17-8-10-19-32(30)37/h1-24H/i2D,5D,6D,7D,8D,9D,10D,14D,15D,16D,17D,18D,19D. The summed E-state index contributed by atoms with van der Waals surface area (Å²) in [5.41, 5.74) is 2.54. The molecule has 7 aromatic carbocycles. The highest BCUT2D eigenvalue weighted by atomic mass is 16.3. The summed E-state index contributed by atoms with van der Waals surface area (Å²) in [5, 5.41) is 0.611. The van der Waals surface area contributed by atoms with Crippen LogP contribution in [0.4, 0.5) is 0 Å². The van der Waals surface area contributed by atoms with E-state index in [1.165, 1.54) is 0 Å². The molecule has 0 atom stereocenters. The molecule has 0 radical (unpaired) electrons. The molecule has 0 fully saturated rings. The molecular weight excluding hydrogens is 472 g/mol. The zero-order valence-corrected chi connectivity index (χ0v) is 20.3. The number of hydrogen-bond donors (Lipinski definition) is 0. The second-order valence-corrected chi connectivity index (χ2v) is 9.11. The average molecular weight is 510 g/mol. The van der Waals surface area contributed by atoms with Crippen molar-refractivity contribution < 1.29 is 22.2 Å². The topological polar surface area (TPSA) is 13.1 Å². The van der Waals surface area contributed by atoms with E-state index in [1.54, 1.807) is 18.2 Å². The molecule has 0 bridgehead atoms. The van der Waals surface area contributed by atoms with Crippen LogP contribution in [0.3, 0.4) is 0 Å². The maximum atomic E-state index is 9.18. The third kappa shape index (κ3) is 3.41. The Morgan fingerprint density at radius 3 is 1.72 bits per heavy atom. The largest absolute Gasteiger partial charge is 0.455 e. The van der Waals surface area contributed by atoms with Gasteiger partial charge in [-0.15, -0.1) is 0 Å². The van der Waals surface area contributed by atoms with Gasteiger partial charge in [0.1, 0.15) is 11.2 Å². The maximum absolute atomic E-state index is 9.18. The Morgan fingerprint density at radius 1 is 0.436 bits per heavy atom. The molecule has 0 saturated carbocycles. The van der Waals surface area contributed by atoms with Crippen molar-refractivity contribution in [2.24, 2.45) is 0 Å². The summed E-state index contributed by atoms with van der Waals surface area (Å²) in [6.07, 6.45) is 0. The molecule has 0 aliphatic heterocycles. The maximum Gasteiger partial charge on any atom is 0.143 e. The lowest BCUT2D eigenvalue weighted by atomic mass is 9.86. The van der Waals surface area contributed by atoms with Gasteiger partial charge < -0.3 is 4.42 Å². The molecule has 0 unspecified atom stereocenters. The van der Waals surface area contributed by atoms with Crippen LogP contribution in [0, 0.1) is 0 Å². The number of benzene rings is 7. The Kier molecular flexibility index (Phi) is 2.82. The van der Waals surface area contributed by atoms with Gasteiger partial charge in [-0.1, -0.05) is 133 Å². The van der Waals surface area contributed by atoms with Gasteiger partial charge in [0, 0.05) is 16.3 Å². The highest BCUT2D eigenvalue weighted by molar-refractivity contribution is 6.22.